The van der Waals surface area contributed by atoms with Crippen LogP contribution < -0.4 is 10.6 Å². The van der Waals surface area contributed by atoms with E-state index < -0.39 is 0 Å². The van der Waals surface area contributed by atoms with E-state index in [0.717, 1.165) is 50.3 Å². The van der Waals surface area contributed by atoms with E-state index in [2.05, 4.69) is 51.2 Å². The van der Waals surface area contributed by atoms with Crippen molar-refractivity contribution in [2.24, 2.45) is 12.0 Å². The molecule has 1 fully saturated rings. The number of guanidine groups is 1. The van der Waals surface area contributed by atoms with Gasteiger partial charge in [0.15, 0.2) is 11.8 Å². The van der Waals surface area contributed by atoms with Gasteiger partial charge in [0.25, 0.3) is 0 Å². The Morgan fingerprint density at radius 2 is 1.93 bits per heavy atom. The highest BCUT2D eigenvalue weighted by Crippen LogP contribution is 2.40. The second-order valence-electron chi connectivity index (χ2n) is 8.07. The lowest BCUT2D eigenvalue weighted by molar-refractivity contribution is 0.145. The van der Waals surface area contributed by atoms with Crippen LogP contribution in [0.15, 0.2) is 35.3 Å². The third kappa shape index (κ3) is 5.81. The Kier molecular flexibility index (Phi) is 8.25. The van der Waals surface area contributed by atoms with Crippen LogP contribution in [0.4, 0.5) is 0 Å². The first-order chi connectivity index (χ1) is 14.6. The number of nitrogens with one attached hydrogen (secondary N) is 2. The first-order valence-electron chi connectivity index (χ1n) is 11.1. The van der Waals surface area contributed by atoms with Crippen LogP contribution >= 0.6 is 0 Å². The van der Waals surface area contributed by atoms with E-state index in [1.807, 2.05) is 25.5 Å². The zero-order chi connectivity index (χ0) is 21.2. The maximum atomic E-state index is 5.46. The van der Waals surface area contributed by atoms with Gasteiger partial charge in [-0.2, -0.15) is 0 Å². The third-order valence-corrected chi connectivity index (χ3v) is 6.06. The molecular weight excluding hydrogens is 376 g/mol. The van der Waals surface area contributed by atoms with Gasteiger partial charge in [-0.1, -0.05) is 43.2 Å². The highest BCUT2D eigenvalue weighted by molar-refractivity contribution is 5.79. The van der Waals surface area contributed by atoms with Gasteiger partial charge in [-0.15, -0.1) is 10.2 Å². The van der Waals surface area contributed by atoms with Gasteiger partial charge in [-0.25, -0.2) is 4.99 Å². The number of hydrogen-bond acceptors (Lipinski definition) is 4. The van der Waals surface area contributed by atoms with Crippen molar-refractivity contribution >= 4 is 5.96 Å². The Hall–Kier alpha value is -2.41. The van der Waals surface area contributed by atoms with Crippen molar-refractivity contribution in [2.75, 3.05) is 26.3 Å². The lowest BCUT2D eigenvalue weighted by atomic mass is 9.79. The average molecular weight is 413 g/mol. The minimum Gasteiger partial charge on any atom is -0.382 e. The smallest absolute Gasteiger partial charge is 0.191 e. The maximum absolute atomic E-state index is 5.46. The molecule has 7 nitrogen and oxygen atoms in total. The topological polar surface area (TPSA) is 76.4 Å². The molecule has 0 bridgehead atoms. The van der Waals surface area contributed by atoms with Crippen molar-refractivity contribution in [3.05, 3.63) is 47.5 Å². The van der Waals surface area contributed by atoms with E-state index in [1.54, 1.807) is 0 Å². The van der Waals surface area contributed by atoms with Crippen LogP contribution in [0.5, 0.6) is 0 Å². The fourth-order valence-corrected chi connectivity index (χ4v) is 4.10. The molecule has 3 rings (SSSR count). The summed E-state index contributed by atoms with van der Waals surface area (Å²) in [6, 6.07) is 10.9. The molecule has 0 radical (unpaired) electrons. The Bertz CT molecular complexity index is 795. The largest absolute Gasteiger partial charge is 0.382 e. The summed E-state index contributed by atoms with van der Waals surface area (Å²) in [6.07, 6.45) is 5.93. The van der Waals surface area contributed by atoms with Crippen molar-refractivity contribution in [3.8, 4) is 0 Å². The molecule has 1 saturated carbocycles. The molecule has 0 amide bonds. The highest BCUT2D eigenvalue weighted by Gasteiger charge is 2.35. The number of nitrogens with zero attached hydrogens (tertiary/aromatic N) is 4. The van der Waals surface area contributed by atoms with Gasteiger partial charge >= 0.3 is 0 Å². The van der Waals surface area contributed by atoms with E-state index in [-0.39, 0.29) is 5.41 Å². The Labute approximate surface area is 180 Å². The number of aromatic nitrogens is 3. The quantitative estimate of drug-likeness (QED) is 0.356. The second kappa shape index (κ2) is 11.1. The summed E-state index contributed by atoms with van der Waals surface area (Å²) >= 11 is 0. The van der Waals surface area contributed by atoms with Crippen molar-refractivity contribution in [1.29, 1.82) is 0 Å². The number of ether oxygens (including phenoxy) is 1. The van der Waals surface area contributed by atoms with E-state index in [9.17, 15) is 0 Å². The van der Waals surface area contributed by atoms with Crippen molar-refractivity contribution in [2.45, 2.75) is 57.9 Å². The molecule has 1 aromatic carbocycles. The minimum atomic E-state index is 0.177. The summed E-state index contributed by atoms with van der Waals surface area (Å²) in [4.78, 5) is 4.80. The van der Waals surface area contributed by atoms with Crippen molar-refractivity contribution in [1.82, 2.24) is 25.4 Å². The van der Waals surface area contributed by atoms with E-state index in [4.69, 9.17) is 9.73 Å². The van der Waals surface area contributed by atoms with Gasteiger partial charge in [0.1, 0.15) is 12.4 Å². The summed E-state index contributed by atoms with van der Waals surface area (Å²) in [7, 11) is 1.98. The highest BCUT2D eigenvalue weighted by atomic mass is 16.5. The monoisotopic (exact) mass is 412 g/mol. The first-order valence-corrected chi connectivity index (χ1v) is 11.1. The second-order valence-corrected chi connectivity index (χ2v) is 8.07. The molecule has 0 atom stereocenters. The molecule has 1 aromatic heterocycles. The SMILES string of the molecule is CCOCCCNC(=NCc1nnc(C)n1C)NCC1(c2ccccc2)CCCC1. The standard InChI is InChI=1S/C23H36N6O/c1-4-30-16-10-15-24-22(25-17-21-28-27-19(2)29(21)3)26-18-23(13-8-9-14-23)20-11-6-5-7-12-20/h5-7,11-12H,4,8-10,13-18H2,1-3H3,(H2,24,25,26). The van der Waals surface area contributed by atoms with E-state index in [1.165, 1.54) is 31.2 Å². The molecule has 1 aliphatic carbocycles. The summed E-state index contributed by atoms with van der Waals surface area (Å²) in [5, 5.41) is 15.5. The molecule has 0 spiro atoms. The summed E-state index contributed by atoms with van der Waals surface area (Å²) < 4.78 is 7.44. The van der Waals surface area contributed by atoms with E-state index >= 15 is 0 Å². The normalized spacial score (nSPS) is 16.0. The molecule has 2 N–H and O–H groups in total. The molecule has 7 heteroatoms. The number of aryl methyl sites for hydroxylation is 1. The lowest BCUT2D eigenvalue weighted by Gasteiger charge is -2.31. The zero-order valence-electron chi connectivity index (χ0n) is 18.7. The summed E-state index contributed by atoms with van der Waals surface area (Å²) in [6.45, 7) is 7.69. The molecule has 0 saturated heterocycles. The molecule has 30 heavy (non-hydrogen) atoms. The molecule has 0 aliphatic heterocycles. The zero-order valence-corrected chi connectivity index (χ0v) is 18.7. The Morgan fingerprint density at radius 3 is 2.60 bits per heavy atom. The van der Waals surface area contributed by atoms with E-state index in [0.29, 0.717) is 6.54 Å². The molecule has 1 heterocycles. The first kappa shape index (κ1) is 22.3. The Morgan fingerprint density at radius 1 is 1.17 bits per heavy atom. The van der Waals surface area contributed by atoms with Crippen LogP contribution in [0.25, 0.3) is 0 Å². The van der Waals surface area contributed by atoms with Crippen LogP contribution in [0.1, 0.15) is 56.2 Å². The van der Waals surface area contributed by atoms with Crippen molar-refractivity contribution in [3.63, 3.8) is 0 Å². The predicted molar refractivity (Wildman–Crippen MR) is 121 cm³/mol. The fraction of sp³-hybridized carbons (Fsp3) is 0.609. The molecule has 164 valence electrons. The average Bonchev–Trinajstić information content (AvgIpc) is 3.38. The predicted octanol–water partition coefficient (Wildman–Crippen LogP) is 3.10. The molecule has 1 aliphatic rings. The van der Waals surface area contributed by atoms with Gasteiger partial charge in [-0.05, 0) is 38.7 Å². The Balaban J connectivity index is 1.67. The van der Waals surface area contributed by atoms with Gasteiger partial charge in [0.2, 0.25) is 0 Å². The van der Waals surface area contributed by atoms with Gasteiger partial charge in [-0.3, -0.25) is 0 Å². The van der Waals surface area contributed by atoms with Gasteiger partial charge in [0, 0.05) is 38.8 Å². The van der Waals surface area contributed by atoms with Crippen LogP contribution in [-0.2, 0) is 23.7 Å². The molecular formula is C23H36N6O. The minimum absolute atomic E-state index is 0.177. The third-order valence-electron chi connectivity index (χ3n) is 6.06. The van der Waals surface area contributed by atoms with Gasteiger partial charge in [0.05, 0.1) is 0 Å². The van der Waals surface area contributed by atoms with Crippen molar-refractivity contribution < 1.29 is 4.74 Å². The van der Waals surface area contributed by atoms with Gasteiger partial charge < -0.3 is 19.9 Å². The number of benzene rings is 1. The summed E-state index contributed by atoms with van der Waals surface area (Å²) in [5.41, 5.74) is 1.60. The molecule has 0 unspecified atom stereocenters. The van der Waals surface area contributed by atoms with Crippen LogP contribution in [0, 0.1) is 6.92 Å². The maximum Gasteiger partial charge on any atom is 0.191 e. The number of hydrogen-bond donors (Lipinski definition) is 2. The van der Waals surface area contributed by atoms with Crippen LogP contribution in [-0.4, -0.2) is 47.0 Å². The number of aliphatic imine (C=N–C) groups is 1. The molecule has 2 aromatic rings. The fourth-order valence-electron chi connectivity index (χ4n) is 4.10. The lowest BCUT2D eigenvalue weighted by Crippen LogP contribution is -2.45. The van der Waals surface area contributed by atoms with Crippen LogP contribution in [0.3, 0.4) is 0 Å². The summed E-state index contributed by atoms with van der Waals surface area (Å²) in [5.74, 6) is 2.59. The number of rotatable bonds is 10. The van der Waals surface area contributed by atoms with Crippen LogP contribution in [0.2, 0.25) is 0 Å².